The van der Waals surface area contributed by atoms with E-state index in [0.29, 0.717) is 17.9 Å². The number of unbranched alkanes of at least 4 members (excludes halogenated alkanes) is 1. The number of benzene rings is 1. The maximum atomic E-state index is 10.9. The second-order valence-electron chi connectivity index (χ2n) is 4.22. The van der Waals surface area contributed by atoms with Crippen molar-refractivity contribution in [1.82, 2.24) is 0 Å². The summed E-state index contributed by atoms with van der Waals surface area (Å²) in [6.07, 6.45) is 1.36. The van der Waals surface area contributed by atoms with Gasteiger partial charge in [-0.05, 0) is 30.5 Å². The van der Waals surface area contributed by atoms with Crippen LogP contribution in [0.4, 0.5) is 0 Å². The Kier molecular flexibility index (Phi) is 5.85. The van der Waals surface area contributed by atoms with Gasteiger partial charge in [0.05, 0.1) is 6.61 Å². The van der Waals surface area contributed by atoms with Crippen LogP contribution in [0.3, 0.4) is 0 Å². The first-order valence-corrected chi connectivity index (χ1v) is 6.18. The van der Waals surface area contributed by atoms with Crippen molar-refractivity contribution in [2.75, 3.05) is 6.61 Å². The number of rotatable bonds is 8. The first-order chi connectivity index (χ1) is 9.04. The van der Waals surface area contributed by atoms with Gasteiger partial charge in [0.25, 0.3) is 0 Å². The maximum absolute atomic E-state index is 10.9. The molecular weight excluding hydrogens is 248 g/mol. The molecule has 0 aromatic heterocycles. The maximum Gasteiger partial charge on any atom is 0.119 e. The highest BCUT2D eigenvalue weighted by molar-refractivity contribution is 5.80. The number of carboxylic acid groups (broad SMARTS) is 2. The average molecular weight is 264 g/mol. The lowest BCUT2D eigenvalue weighted by Crippen LogP contribution is -2.34. The number of carbonyl (C=O) groups is 2. The summed E-state index contributed by atoms with van der Waals surface area (Å²) in [5, 5.41) is 21.4. The van der Waals surface area contributed by atoms with Crippen LogP contribution in [0.2, 0.25) is 0 Å². The highest BCUT2D eigenvalue weighted by Crippen LogP contribution is 2.22. The van der Waals surface area contributed by atoms with Gasteiger partial charge in [0, 0.05) is 17.9 Å². The summed E-state index contributed by atoms with van der Waals surface area (Å²) in [4.78, 5) is 21.4. The summed E-state index contributed by atoms with van der Waals surface area (Å²) in [5.41, 5.74) is 0.368. The zero-order valence-corrected chi connectivity index (χ0v) is 10.8. The van der Waals surface area contributed by atoms with Crippen LogP contribution < -0.4 is 14.9 Å². The molecule has 1 atom stereocenters. The van der Waals surface area contributed by atoms with E-state index in [-0.39, 0.29) is 0 Å². The van der Waals surface area contributed by atoms with E-state index < -0.39 is 24.3 Å². The van der Waals surface area contributed by atoms with Gasteiger partial charge in [0.2, 0.25) is 0 Å². The molecule has 0 saturated heterocycles. The lowest BCUT2D eigenvalue weighted by Gasteiger charge is -2.19. The van der Waals surface area contributed by atoms with Crippen LogP contribution in [-0.4, -0.2) is 18.5 Å². The normalized spacial score (nSPS) is 11.8. The van der Waals surface area contributed by atoms with Crippen LogP contribution in [0, 0.1) is 0 Å². The van der Waals surface area contributed by atoms with Gasteiger partial charge in [-0.25, -0.2) is 0 Å². The first-order valence-electron chi connectivity index (χ1n) is 6.18. The molecule has 19 heavy (non-hydrogen) atoms. The Morgan fingerprint density at radius 2 is 1.84 bits per heavy atom. The van der Waals surface area contributed by atoms with Crippen molar-refractivity contribution in [3.63, 3.8) is 0 Å². The standard InChI is InChI=1S/C14H18O5/c1-2-3-8-19-11-6-4-10(5-7-11)12(14(17)18)9-13(15)16/h4-7,12H,2-3,8-9H2,1H3,(H,15,16)(H,17,18)/p-2/t12-/m1/s1. The Labute approximate surface area is 111 Å². The summed E-state index contributed by atoms with van der Waals surface area (Å²) in [5.74, 6) is -3.42. The third kappa shape index (κ3) is 4.99. The molecule has 0 amide bonds. The molecule has 0 heterocycles. The SMILES string of the molecule is CCCCOc1ccc([C@@H](CC(=O)[O-])C(=O)[O-])cc1. The summed E-state index contributed by atoms with van der Waals surface area (Å²) < 4.78 is 5.43. The van der Waals surface area contributed by atoms with Gasteiger partial charge in [-0.2, -0.15) is 0 Å². The molecule has 0 bridgehead atoms. The van der Waals surface area contributed by atoms with Crippen LogP contribution in [0.25, 0.3) is 0 Å². The Morgan fingerprint density at radius 3 is 2.32 bits per heavy atom. The van der Waals surface area contributed by atoms with Gasteiger partial charge in [-0.3, -0.25) is 0 Å². The fourth-order valence-corrected chi connectivity index (χ4v) is 1.63. The van der Waals surface area contributed by atoms with Crippen molar-refractivity contribution < 1.29 is 24.5 Å². The summed E-state index contributed by atoms with van der Waals surface area (Å²) in [6, 6.07) is 6.31. The Balaban J connectivity index is 2.72. The lowest BCUT2D eigenvalue weighted by molar-refractivity contribution is -0.317. The van der Waals surface area contributed by atoms with E-state index in [2.05, 4.69) is 6.92 Å². The minimum absolute atomic E-state index is 0.368. The molecule has 0 unspecified atom stereocenters. The Morgan fingerprint density at radius 1 is 1.21 bits per heavy atom. The molecule has 0 radical (unpaired) electrons. The van der Waals surface area contributed by atoms with Gasteiger partial charge < -0.3 is 24.5 Å². The molecule has 0 aliphatic heterocycles. The van der Waals surface area contributed by atoms with E-state index in [1.807, 2.05) is 0 Å². The number of carboxylic acids is 2. The Bertz CT molecular complexity index is 424. The van der Waals surface area contributed by atoms with Crippen LogP contribution in [0.15, 0.2) is 24.3 Å². The van der Waals surface area contributed by atoms with Crippen LogP contribution >= 0.6 is 0 Å². The predicted octanol–water partition coefficient (Wildman–Crippen LogP) is -0.161. The van der Waals surface area contributed by atoms with E-state index in [9.17, 15) is 19.8 Å². The third-order valence-corrected chi connectivity index (χ3v) is 2.70. The largest absolute Gasteiger partial charge is 0.550 e. The summed E-state index contributed by atoms with van der Waals surface area (Å²) in [6.45, 7) is 2.65. The van der Waals surface area contributed by atoms with Crippen molar-refractivity contribution in [1.29, 1.82) is 0 Å². The highest BCUT2D eigenvalue weighted by atomic mass is 16.5. The van der Waals surface area contributed by atoms with Crippen molar-refractivity contribution in [2.45, 2.75) is 32.1 Å². The van der Waals surface area contributed by atoms with Crippen LogP contribution in [0.5, 0.6) is 5.75 Å². The molecule has 0 spiro atoms. The van der Waals surface area contributed by atoms with E-state index in [1.165, 1.54) is 12.1 Å². The van der Waals surface area contributed by atoms with E-state index in [1.54, 1.807) is 12.1 Å². The van der Waals surface area contributed by atoms with Crippen molar-refractivity contribution in [2.24, 2.45) is 0 Å². The van der Waals surface area contributed by atoms with E-state index in [4.69, 9.17) is 4.74 Å². The van der Waals surface area contributed by atoms with Gasteiger partial charge in [-0.15, -0.1) is 0 Å². The molecule has 0 fully saturated rings. The summed E-state index contributed by atoms with van der Waals surface area (Å²) in [7, 11) is 0. The predicted molar refractivity (Wildman–Crippen MR) is 64.2 cm³/mol. The molecule has 0 aliphatic rings. The van der Waals surface area contributed by atoms with Crippen molar-refractivity contribution in [3.05, 3.63) is 29.8 Å². The second-order valence-corrected chi connectivity index (χ2v) is 4.22. The lowest BCUT2D eigenvalue weighted by atomic mass is 9.96. The molecule has 0 aliphatic carbocycles. The van der Waals surface area contributed by atoms with E-state index >= 15 is 0 Å². The molecule has 0 N–H and O–H groups in total. The number of hydrogen-bond donors (Lipinski definition) is 0. The van der Waals surface area contributed by atoms with Crippen molar-refractivity contribution in [3.8, 4) is 5.75 Å². The molecule has 104 valence electrons. The van der Waals surface area contributed by atoms with Crippen molar-refractivity contribution >= 4 is 11.9 Å². The molecule has 5 heteroatoms. The van der Waals surface area contributed by atoms with Crippen LogP contribution in [-0.2, 0) is 9.59 Å². The van der Waals surface area contributed by atoms with Crippen LogP contribution in [0.1, 0.15) is 37.7 Å². The number of carbonyl (C=O) groups excluding carboxylic acids is 2. The fourth-order valence-electron chi connectivity index (χ4n) is 1.63. The minimum atomic E-state index is -1.43. The zero-order chi connectivity index (χ0) is 14.3. The highest BCUT2D eigenvalue weighted by Gasteiger charge is 2.13. The molecular formula is C14H16O5-2. The monoisotopic (exact) mass is 264 g/mol. The average Bonchev–Trinajstić information content (AvgIpc) is 2.37. The molecule has 1 rings (SSSR count). The molecule has 1 aromatic carbocycles. The molecule has 1 aromatic rings. The fraction of sp³-hybridized carbons (Fsp3) is 0.429. The smallest absolute Gasteiger partial charge is 0.119 e. The number of ether oxygens (including phenoxy) is 1. The summed E-state index contributed by atoms with van der Waals surface area (Å²) >= 11 is 0. The topological polar surface area (TPSA) is 89.5 Å². The Hall–Kier alpha value is -2.04. The van der Waals surface area contributed by atoms with E-state index in [0.717, 1.165) is 12.8 Å². The minimum Gasteiger partial charge on any atom is -0.550 e. The number of hydrogen-bond acceptors (Lipinski definition) is 5. The second kappa shape index (κ2) is 7.41. The van der Waals surface area contributed by atoms with Gasteiger partial charge in [-0.1, -0.05) is 25.5 Å². The van der Waals surface area contributed by atoms with Gasteiger partial charge in [0.15, 0.2) is 0 Å². The zero-order valence-electron chi connectivity index (χ0n) is 10.8. The van der Waals surface area contributed by atoms with Gasteiger partial charge >= 0.3 is 0 Å². The number of aliphatic carboxylic acids is 2. The first kappa shape index (κ1) is 15.0. The third-order valence-electron chi connectivity index (χ3n) is 2.70. The van der Waals surface area contributed by atoms with Gasteiger partial charge in [0.1, 0.15) is 5.75 Å². The molecule has 5 nitrogen and oxygen atoms in total. The quantitative estimate of drug-likeness (QED) is 0.608. The molecule has 0 saturated carbocycles.